The predicted octanol–water partition coefficient (Wildman–Crippen LogP) is 0.545. The van der Waals surface area contributed by atoms with Gasteiger partial charge in [0, 0.05) is 24.2 Å². The van der Waals surface area contributed by atoms with Gasteiger partial charge in [0.2, 0.25) is 0 Å². The van der Waals surface area contributed by atoms with E-state index in [4.69, 9.17) is 0 Å². The van der Waals surface area contributed by atoms with Crippen LogP contribution in [0.3, 0.4) is 0 Å². The molecule has 0 unspecified atom stereocenters. The minimum atomic E-state index is -0.0435. The summed E-state index contributed by atoms with van der Waals surface area (Å²) < 4.78 is 0. The fourth-order valence-electron chi connectivity index (χ4n) is 1.88. The number of nitrogens with zero attached hydrogens (tertiary/aromatic N) is 1. The van der Waals surface area contributed by atoms with Gasteiger partial charge in [0.25, 0.3) is 5.56 Å². The Balaban J connectivity index is 2.26. The van der Waals surface area contributed by atoms with Gasteiger partial charge < -0.3 is 10.3 Å². The third kappa shape index (κ3) is 2.01. The molecule has 4 heteroatoms. The van der Waals surface area contributed by atoms with E-state index < -0.39 is 0 Å². The lowest BCUT2D eigenvalue weighted by molar-refractivity contribution is 0.445. The molecule has 1 aromatic heterocycles. The second kappa shape index (κ2) is 3.92. The van der Waals surface area contributed by atoms with Crippen molar-refractivity contribution in [1.29, 1.82) is 0 Å². The first-order valence-corrected chi connectivity index (χ1v) is 5.04. The molecule has 0 aromatic carbocycles. The van der Waals surface area contributed by atoms with E-state index in [1.165, 1.54) is 6.07 Å². The van der Waals surface area contributed by atoms with E-state index in [1.807, 2.05) is 6.92 Å². The van der Waals surface area contributed by atoms with Crippen molar-refractivity contribution in [1.82, 2.24) is 15.3 Å². The Bertz CT molecular complexity index is 366. The molecule has 0 saturated carbocycles. The summed E-state index contributed by atoms with van der Waals surface area (Å²) in [4.78, 5) is 18.4. The topological polar surface area (TPSA) is 57.8 Å². The van der Waals surface area contributed by atoms with Gasteiger partial charge in [-0.3, -0.25) is 4.79 Å². The van der Waals surface area contributed by atoms with Gasteiger partial charge in [-0.05, 0) is 26.3 Å². The molecule has 0 amide bonds. The number of aromatic amines is 1. The summed E-state index contributed by atoms with van der Waals surface area (Å²) in [6, 6.07) is 1.53. The number of aromatic nitrogens is 2. The zero-order valence-corrected chi connectivity index (χ0v) is 8.34. The Morgan fingerprint density at radius 3 is 3.07 bits per heavy atom. The smallest absolute Gasteiger partial charge is 0.251 e. The van der Waals surface area contributed by atoms with E-state index in [1.54, 1.807) is 0 Å². The van der Waals surface area contributed by atoms with Crippen LogP contribution >= 0.6 is 0 Å². The number of nitrogens with one attached hydrogen (secondary N) is 2. The predicted molar refractivity (Wildman–Crippen MR) is 54.4 cm³/mol. The van der Waals surface area contributed by atoms with Crippen molar-refractivity contribution in [2.24, 2.45) is 0 Å². The highest BCUT2D eigenvalue weighted by atomic mass is 16.1. The monoisotopic (exact) mass is 193 g/mol. The Hall–Kier alpha value is -1.16. The summed E-state index contributed by atoms with van der Waals surface area (Å²) in [6.45, 7) is 3.86. The fourth-order valence-corrected chi connectivity index (χ4v) is 1.88. The van der Waals surface area contributed by atoms with Gasteiger partial charge in [0.15, 0.2) is 0 Å². The van der Waals surface area contributed by atoms with Crippen LogP contribution in [0.4, 0.5) is 0 Å². The van der Waals surface area contributed by atoms with E-state index in [2.05, 4.69) is 15.3 Å². The minimum Gasteiger partial charge on any atom is -0.316 e. The molecule has 1 aliphatic heterocycles. The molecule has 1 atom stereocenters. The average molecular weight is 193 g/mol. The fraction of sp³-hybridized carbons (Fsp3) is 0.600. The number of hydrogen-bond acceptors (Lipinski definition) is 3. The largest absolute Gasteiger partial charge is 0.316 e. The van der Waals surface area contributed by atoms with Gasteiger partial charge in [-0.2, -0.15) is 0 Å². The van der Waals surface area contributed by atoms with Gasteiger partial charge in [0.1, 0.15) is 5.82 Å². The van der Waals surface area contributed by atoms with E-state index >= 15 is 0 Å². The van der Waals surface area contributed by atoms with Crippen LogP contribution in [0, 0.1) is 6.92 Å². The molecule has 76 valence electrons. The maximum atomic E-state index is 11.2. The molecular formula is C10H15N3O. The van der Waals surface area contributed by atoms with Gasteiger partial charge in [0.05, 0.1) is 0 Å². The molecule has 0 aliphatic carbocycles. The van der Waals surface area contributed by atoms with Crippen molar-refractivity contribution in [2.45, 2.75) is 25.7 Å². The third-order valence-corrected chi connectivity index (χ3v) is 2.57. The lowest BCUT2D eigenvalue weighted by atomic mass is 9.99. The summed E-state index contributed by atoms with van der Waals surface area (Å²) in [7, 11) is 0. The van der Waals surface area contributed by atoms with Crippen molar-refractivity contribution >= 4 is 0 Å². The van der Waals surface area contributed by atoms with Crippen molar-refractivity contribution in [3.05, 3.63) is 27.9 Å². The van der Waals surface area contributed by atoms with Crippen molar-refractivity contribution in [3.63, 3.8) is 0 Å². The molecule has 1 aromatic rings. The normalized spacial score (nSPS) is 22.2. The molecular weight excluding hydrogens is 178 g/mol. The molecule has 1 aliphatic rings. The molecule has 0 spiro atoms. The molecule has 2 N–H and O–H groups in total. The SMILES string of the molecule is Cc1cc(=O)[nH]c([C@H]2CCCNC2)n1. The van der Waals surface area contributed by atoms with Gasteiger partial charge in [-0.1, -0.05) is 0 Å². The summed E-state index contributed by atoms with van der Waals surface area (Å²) in [5.41, 5.74) is 0.757. The number of rotatable bonds is 1. The van der Waals surface area contributed by atoms with E-state index in [-0.39, 0.29) is 5.56 Å². The summed E-state index contributed by atoms with van der Waals surface area (Å²) >= 11 is 0. The Morgan fingerprint density at radius 1 is 1.57 bits per heavy atom. The van der Waals surface area contributed by atoms with Crippen molar-refractivity contribution < 1.29 is 0 Å². The molecule has 2 heterocycles. The summed E-state index contributed by atoms with van der Waals surface area (Å²) in [6.07, 6.45) is 2.27. The molecule has 1 fully saturated rings. The molecule has 2 rings (SSSR count). The number of H-pyrrole nitrogens is 1. The number of aryl methyl sites for hydroxylation is 1. The van der Waals surface area contributed by atoms with Crippen molar-refractivity contribution in [3.8, 4) is 0 Å². The first kappa shape index (κ1) is 9.40. The zero-order chi connectivity index (χ0) is 9.97. The lowest BCUT2D eigenvalue weighted by Crippen LogP contribution is -2.30. The third-order valence-electron chi connectivity index (χ3n) is 2.57. The van der Waals surface area contributed by atoms with E-state index in [0.29, 0.717) is 5.92 Å². The molecule has 14 heavy (non-hydrogen) atoms. The van der Waals surface area contributed by atoms with Crippen LogP contribution in [0.2, 0.25) is 0 Å². The van der Waals surface area contributed by atoms with Crippen LogP contribution in [0.15, 0.2) is 10.9 Å². The summed E-state index contributed by atoms with van der Waals surface area (Å²) in [5, 5.41) is 3.31. The van der Waals surface area contributed by atoms with Gasteiger partial charge in [-0.25, -0.2) is 4.98 Å². The zero-order valence-electron chi connectivity index (χ0n) is 8.34. The Morgan fingerprint density at radius 2 is 2.43 bits per heavy atom. The highest BCUT2D eigenvalue weighted by molar-refractivity contribution is 5.05. The first-order valence-electron chi connectivity index (χ1n) is 5.04. The standard InChI is InChI=1S/C10H15N3O/c1-7-5-9(14)13-10(12-7)8-3-2-4-11-6-8/h5,8,11H,2-4,6H2,1H3,(H,12,13,14)/t8-/m0/s1. The quantitative estimate of drug-likeness (QED) is 0.684. The van der Waals surface area contributed by atoms with E-state index in [9.17, 15) is 4.79 Å². The maximum Gasteiger partial charge on any atom is 0.251 e. The molecule has 0 radical (unpaired) electrons. The van der Waals surface area contributed by atoms with Crippen molar-refractivity contribution in [2.75, 3.05) is 13.1 Å². The van der Waals surface area contributed by atoms with Crippen LogP contribution in [-0.2, 0) is 0 Å². The van der Waals surface area contributed by atoms with Gasteiger partial charge in [-0.15, -0.1) is 0 Å². The second-order valence-corrected chi connectivity index (χ2v) is 3.82. The number of hydrogen-bond donors (Lipinski definition) is 2. The van der Waals surface area contributed by atoms with Gasteiger partial charge >= 0.3 is 0 Å². The Kier molecular flexibility index (Phi) is 2.63. The highest BCUT2D eigenvalue weighted by Gasteiger charge is 2.17. The lowest BCUT2D eigenvalue weighted by Gasteiger charge is -2.21. The van der Waals surface area contributed by atoms with Crippen LogP contribution in [-0.4, -0.2) is 23.1 Å². The van der Waals surface area contributed by atoms with Crippen LogP contribution < -0.4 is 10.9 Å². The summed E-state index contributed by atoms with van der Waals surface area (Å²) in [5.74, 6) is 1.21. The molecule has 1 saturated heterocycles. The van der Waals surface area contributed by atoms with Crippen LogP contribution in [0.5, 0.6) is 0 Å². The van der Waals surface area contributed by atoms with Crippen LogP contribution in [0.25, 0.3) is 0 Å². The molecule has 4 nitrogen and oxygen atoms in total. The average Bonchev–Trinajstić information content (AvgIpc) is 2.18. The van der Waals surface area contributed by atoms with E-state index in [0.717, 1.165) is 37.4 Å². The van der Waals surface area contributed by atoms with Crippen LogP contribution in [0.1, 0.15) is 30.3 Å². The minimum absolute atomic E-state index is 0.0435. The molecule has 0 bridgehead atoms. The maximum absolute atomic E-state index is 11.2. The second-order valence-electron chi connectivity index (χ2n) is 3.82. The Labute approximate surface area is 82.8 Å². The first-order chi connectivity index (χ1) is 6.75. The number of piperidine rings is 1. The highest BCUT2D eigenvalue weighted by Crippen LogP contribution is 2.18.